The van der Waals surface area contributed by atoms with Crippen LogP contribution >= 0.6 is 11.3 Å². The molecule has 0 atom stereocenters. The first-order valence-corrected chi connectivity index (χ1v) is 9.65. The van der Waals surface area contributed by atoms with Gasteiger partial charge in [0, 0.05) is 11.3 Å². The molecule has 0 radical (unpaired) electrons. The van der Waals surface area contributed by atoms with Crippen molar-refractivity contribution in [3.8, 4) is 5.75 Å². The van der Waals surface area contributed by atoms with E-state index in [1.54, 1.807) is 11.3 Å². The van der Waals surface area contributed by atoms with Crippen LogP contribution in [-0.2, 0) is 23.2 Å². The highest BCUT2D eigenvalue weighted by Crippen LogP contribution is 2.41. The van der Waals surface area contributed by atoms with Crippen molar-refractivity contribution in [3.05, 3.63) is 45.4 Å². The second-order valence-corrected chi connectivity index (χ2v) is 7.56. The zero-order valence-corrected chi connectivity index (χ0v) is 15.0. The molecule has 3 heterocycles. The van der Waals surface area contributed by atoms with Gasteiger partial charge >= 0.3 is 0 Å². The van der Waals surface area contributed by atoms with Gasteiger partial charge in [-0.05, 0) is 62.5 Å². The summed E-state index contributed by atoms with van der Waals surface area (Å²) in [7, 11) is 0. The third-order valence-corrected chi connectivity index (χ3v) is 6.17. The number of benzene rings is 1. The molecule has 1 aromatic carbocycles. The number of nitrogens with one attached hydrogen (secondary N) is 1. The number of aromatic nitrogens is 1. The molecular formula is C19H24N2O2S. The topological polar surface area (TPSA) is 43.4 Å². The number of hydrogen-bond donors (Lipinski definition) is 1. The molecule has 128 valence electrons. The van der Waals surface area contributed by atoms with Gasteiger partial charge in [0.2, 0.25) is 0 Å². The van der Waals surface area contributed by atoms with Crippen LogP contribution in [0.25, 0.3) is 0 Å². The minimum absolute atomic E-state index is 0.0723. The summed E-state index contributed by atoms with van der Waals surface area (Å²) in [5.41, 5.74) is 5.73. The second-order valence-electron chi connectivity index (χ2n) is 6.62. The van der Waals surface area contributed by atoms with Gasteiger partial charge in [-0.1, -0.05) is 6.07 Å². The predicted molar refractivity (Wildman–Crippen MR) is 95.9 cm³/mol. The summed E-state index contributed by atoms with van der Waals surface area (Å²) in [6, 6.07) is 6.56. The van der Waals surface area contributed by atoms with Gasteiger partial charge in [0.1, 0.15) is 5.75 Å². The smallest absolute Gasteiger partial charge is 0.119 e. The number of piperidine rings is 1. The zero-order chi connectivity index (χ0) is 16.4. The normalized spacial score (nSPS) is 19.2. The summed E-state index contributed by atoms with van der Waals surface area (Å²) in [5, 5.41) is 3.44. The molecule has 4 rings (SSSR count). The number of rotatable bonds is 4. The van der Waals surface area contributed by atoms with Crippen molar-refractivity contribution in [2.45, 2.75) is 38.2 Å². The average molecular weight is 344 g/mol. The first-order chi connectivity index (χ1) is 11.8. The van der Waals surface area contributed by atoms with Crippen LogP contribution in [0.3, 0.4) is 0 Å². The van der Waals surface area contributed by atoms with E-state index in [2.05, 4.69) is 35.4 Å². The fourth-order valence-corrected chi connectivity index (χ4v) is 4.58. The second kappa shape index (κ2) is 6.82. The van der Waals surface area contributed by atoms with Crippen molar-refractivity contribution in [2.75, 3.05) is 26.3 Å². The SMILES string of the molecule is Cc1ncsc1CCOc1ccc2c(c1)CCOC21CCNCC1. The predicted octanol–water partition coefficient (Wildman–Crippen LogP) is 3.22. The Hall–Kier alpha value is -1.43. The molecule has 0 saturated carbocycles. The number of nitrogens with zero attached hydrogens (tertiary/aromatic N) is 1. The Morgan fingerprint density at radius 2 is 2.21 bits per heavy atom. The molecule has 1 saturated heterocycles. The van der Waals surface area contributed by atoms with Crippen LogP contribution in [0.2, 0.25) is 0 Å². The van der Waals surface area contributed by atoms with Crippen molar-refractivity contribution >= 4 is 11.3 Å². The van der Waals surface area contributed by atoms with Crippen molar-refractivity contribution in [3.63, 3.8) is 0 Å². The maximum atomic E-state index is 6.23. The van der Waals surface area contributed by atoms with E-state index in [1.165, 1.54) is 16.0 Å². The summed E-state index contributed by atoms with van der Waals surface area (Å²) in [6.07, 6.45) is 4.03. The molecule has 1 fully saturated rings. The van der Waals surface area contributed by atoms with Crippen molar-refractivity contribution in [2.24, 2.45) is 0 Å². The van der Waals surface area contributed by atoms with Crippen LogP contribution in [0.1, 0.15) is 34.5 Å². The van der Waals surface area contributed by atoms with Crippen LogP contribution in [0.4, 0.5) is 0 Å². The lowest BCUT2D eigenvalue weighted by Gasteiger charge is -2.42. The fourth-order valence-electron chi connectivity index (χ4n) is 3.82. The summed E-state index contributed by atoms with van der Waals surface area (Å²) < 4.78 is 12.2. The monoisotopic (exact) mass is 344 g/mol. The summed E-state index contributed by atoms with van der Waals surface area (Å²) in [4.78, 5) is 5.61. The number of thiazole rings is 1. The van der Waals surface area contributed by atoms with E-state index in [1.807, 2.05) is 5.51 Å². The van der Waals surface area contributed by atoms with Crippen LogP contribution in [-0.4, -0.2) is 31.3 Å². The maximum absolute atomic E-state index is 6.23. The van der Waals surface area contributed by atoms with Gasteiger partial charge in [-0.25, -0.2) is 4.98 Å². The van der Waals surface area contributed by atoms with Crippen molar-refractivity contribution in [1.29, 1.82) is 0 Å². The Balaban J connectivity index is 1.46. The third kappa shape index (κ3) is 3.08. The van der Waals surface area contributed by atoms with Gasteiger partial charge in [0.15, 0.2) is 0 Å². The number of aryl methyl sites for hydroxylation is 1. The van der Waals surface area contributed by atoms with Gasteiger partial charge in [-0.2, -0.15) is 0 Å². The Morgan fingerprint density at radius 1 is 1.33 bits per heavy atom. The Bertz CT molecular complexity index is 707. The standard InChI is InChI=1S/C19H24N2O2S/c1-14-18(24-13-21-14)5-10-22-16-2-3-17-15(12-16)4-11-23-19(17)6-8-20-9-7-19/h2-3,12-13,20H,4-11H2,1H3. The first kappa shape index (κ1) is 16.1. The zero-order valence-electron chi connectivity index (χ0n) is 14.1. The van der Waals surface area contributed by atoms with Crippen molar-refractivity contribution < 1.29 is 9.47 Å². The first-order valence-electron chi connectivity index (χ1n) is 8.77. The summed E-state index contributed by atoms with van der Waals surface area (Å²) in [5.74, 6) is 0.974. The molecule has 4 nitrogen and oxygen atoms in total. The van der Waals surface area contributed by atoms with Crippen LogP contribution in [0.5, 0.6) is 5.75 Å². The van der Waals surface area contributed by atoms with Gasteiger partial charge in [-0.15, -0.1) is 11.3 Å². The van der Waals surface area contributed by atoms with E-state index in [4.69, 9.17) is 9.47 Å². The largest absolute Gasteiger partial charge is 0.493 e. The van der Waals surface area contributed by atoms with E-state index in [9.17, 15) is 0 Å². The maximum Gasteiger partial charge on any atom is 0.119 e. The summed E-state index contributed by atoms with van der Waals surface area (Å²) >= 11 is 1.71. The quantitative estimate of drug-likeness (QED) is 0.925. The van der Waals surface area contributed by atoms with Gasteiger partial charge in [-0.3, -0.25) is 0 Å². The van der Waals surface area contributed by atoms with Crippen LogP contribution in [0.15, 0.2) is 23.7 Å². The van der Waals surface area contributed by atoms with Gasteiger partial charge < -0.3 is 14.8 Å². The Morgan fingerprint density at radius 3 is 3.00 bits per heavy atom. The molecule has 1 N–H and O–H groups in total. The minimum atomic E-state index is -0.0723. The van der Waals surface area contributed by atoms with E-state index in [-0.39, 0.29) is 5.60 Å². The molecule has 2 aliphatic rings. The molecule has 0 amide bonds. The Labute approximate surface area is 147 Å². The molecular weight excluding hydrogens is 320 g/mol. The highest BCUT2D eigenvalue weighted by Gasteiger charge is 2.38. The number of ether oxygens (including phenoxy) is 2. The number of fused-ring (bicyclic) bond motifs is 2. The van der Waals surface area contributed by atoms with Crippen molar-refractivity contribution in [1.82, 2.24) is 10.3 Å². The molecule has 0 unspecified atom stereocenters. The molecule has 24 heavy (non-hydrogen) atoms. The minimum Gasteiger partial charge on any atom is -0.493 e. The van der Waals surface area contributed by atoms with Gasteiger partial charge in [0.25, 0.3) is 0 Å². The van der Waals surface area contributed by atoms with Gasteiger partial charge in [0.05, 0.1) is 30.0 Å². The van der Waals surface area contributed by atoms with E-state index in [0.29, 0.717) is 6.61 Å². The summed E-state index contributed by atoms with van der Waals surface area (Å²) in [6.45, 7) is 5.64. The number of hydrogen-bond acceptors (Lipinski definition) is 5. The fraction of sp³-hybridized carbons (Fsp3) is 0.526. The van der Waals surface area contributed by atoms with E-state index >= 15 is 0 Å². The molecule has 1 aromatic heterocycles. The van der Waals surface area contributed by atoms with E-state index in [0.717, 1.165) is 56.8 Å². The molecule has 2 aliphatic heterocycles. The lowest BCUT2D eigenvalue weighted by atomic mass is 9.80. The van der Waals surface area contributed by atoms with Crippen LogP contribution < -0.4 is 10.1 Å². The third-order valence-electron chi connectivity index (χ3n) is 5.17. The van der Waals surface area contributed by atoms with Crippen LogP contribution in [0, 0.1) is 6.92 Å². The lowest BCUT2D eigenvalue weighted by Crippen LogP contribution is -2.44. The lowest BCUT2D eigenvalue weighted by molar-refractivity contribution is -0.0802. The molecule has 2 aromatic rings. The molecule has 5 heteroatoms. The molecule has 0 aliphatic carbocycles. The molecule has 0 bridgehead atoms. The Kier molecular flexibility index (Phi) is 4.57. The highest BCUT2D eigenvalue weighted by atomic mass is 32.1. The highest BCUT2D eigenvalue weighted by molar-refractivity contribution is 7.09. The molecule has 1 spiro atoms. The average Bonchev–Trinajstić information content (AvgIpc) is 3.01. The van der Waals surface area contributed by atoms with E-state index < -0.39 is 0 Å².